The number of fused-ring (bicyclic) bond motifs is 1. The van der Waals surface area contributed by atoms with Gasteiger partial charge >= 0.3 is 0 Å². The van der Waals surface area contributed by atoms with Crippen molar-refractivity contribution in [2.75, 3.05) is 20.3 Å². The first kappa shape index (κ1) is 26.0. The average molecular weight is 496 g/mol. The van der Waals surface area contributed by atoms with E-state index in [0.29, 0.717) is 35.0 Å². The van der Waals surface area contributed by atoms with Gasteiger partial charge in [0.25, 0.3) is 0 Å². The number of rotatable bonds is 9. The van der Waals surface area contributed by atoms with Crippen LogP contribution in [0.2, 0.25) is 0 Å². The molecule has 36 heavy (non-hydrogen) atoms. The lowest BCUT2D eigenvalue weighted by Crippen LogP contribution is -2.43. The molecule has 1 aliphatic heterocycles. The summed E-state index contributed by atoms with van der Waals surface area (Å²) in [7, 11) is 1.60. The van der Waals surface area contributed by atoms with Gasteiger partial charge in [-0.25, -0.2) is 0 Å². The summed E-state index contributed by atoms with van der Waals surface area (Å²) in [4.78, 5) is 25.7. The van der Waals surface area contributed by atoms with Gasteiger partial charge < -0.3 is 23.6 Å². The van der Waals surface area contributed by atoms with E-state index in [1.54, 1.807) is 14.0 Å². The molecule has 1 aliphatic rings. The number of hydrogen-bond donors (Lipinski definition) is 1. The molecule has 0 radical (unpaired) electrons. The van der Waals surface area contributed by atoms with Crippen molar-refractivity contribution in [2.24, 2.45) is 5.41 Å². The average Bonchev–Trinajstić information content (AvgIpc) is 3.17. The van der Waals surface area contributed by atoms with E-state index >= 15 is 0 Å². The van der Waals surface area contributed by atoms with Crippen LogP contribution in [0.1, 0.15) is 64.2 Å². The Balaban J connectivity index is 1.55. The fraction of sp³-hybridized carbons (Fsp3) is 0.517. The van der Waals surface area contributed by atoms with Crippen molar-refractivity contribution in [1.82, 2.24) is 5.32 Å². The lowest BCUT2D eigenvalue weighted by Gasteiger charge is -2.45. The van der Waals surface area contributed by atoms with Crippen LogP contribution in [0.25, 0.3) is 22.5 Å². The number of ether oxygens (including phenoxy) is 2. The number of hydrogen-bond acceptors (Lipinski definition) is 6. The maximum absolute atomic E-state index is 13.1. The Labute approximate surface area is 212 Å². The van der Waals surface area contributed by atoms with Gasteiger partial charge in [-0.3, -0.25) is 9.59 Å². The standard InChI is InChI=1S/C29H37NO6/c1-6-11-29(13-15-34-28(3,4)18-29)12-14-30-24(32)17-22-25(20-7-9-21(33-5)10-8-20)36-27-23(31)16-19(2)35-26(22)27/h7-10,16H,6,11-15,17-18H2,1-5H3,(H,30,32). The Bertz CT molecular complexity index is 1270. The molecule has 7 nitrogen and oxygen atoms in total. The minimum absolute atomic E-state index is 0.0517. The number of carbonyl (C=O) groups excluding carboxylic acids is 1. The normalized spacial score (nSPS) is 19.4. The highest BCUT2D eigenvalue weighted by Crippen LogP contribution is 2.44. The maximum Gasteiger partial charge on any atom is 0.228 e. The molecule has 4 rings (SSSR count). The van der Waals surface area contributed by atoms with Crippen molar-refractivity contribution < 1.29 is 23.1 Å². The Morgan fingerprint density at radius 2 is 1.86 bits per heavy atom. The fourth-order valence-electron chi connectivity index (χ4n) is 5.66. The number of aryl methyl sites for hydroxylation is 1. The van der Waals surface area contributed by atoms with Gasteiger partial charge in [0, 0.05) is 24.8 Å². The Morgan fingerprint density at radius 3 is 2.53 bits per heavy atom. The first-order chi connectivity index (χ1) is 17.1. The maximum atomic E-state index is 13.1. The molecule has 3 aromatic rings. The summed E-state index contributed by atoms with van der Waals surface area (Å²) in [6.45, 7) is 9.57. The summed E-state index contributed by atoms with van der Waals surface area (Å²) in [5.41, 5.74) is 1.53. The minimum atomic E-state index is -0.265. The third-order valence-electron chi connectivity index (χ3n) is 7.15. The van der Waals surface area contributed by atoms with Crippen molar-refractivity contribution in [3.63, 3.8) is 0 Å². The molecule has 1 aromatic carbocycles. The number of benzene rings is 1. The quantitative estimate of drug-likeness (QED) is 0.404. The molecule has 1 amide bonds. The van der Waals surface area contributed by atoms with Crippen molar-refractivity contribution >= 4 is 17.1 Å². The molecule has 1 saturated heterocycles. The molecule has 1 N–H and O–H groups in total. The SMILES string of the molecule is CCCC1(CCNC(=O)Cc2c(-c3ccc(OC)cc3)oc3c(=O)cc(C)oc23)CCOC(C)(C)C1. The van der Waals surface area contributed by atoms with Crippen LogP contribution in [0.4, 0.5) is 0 Å². The highest BCUT2D eigenvalue weighted by atomic mass is 16.5. The van der Waals surface area contributed by atoms with Crippen molar-refractivity contribution in [3.05, 3.63) is 51.9 Å². The minimum Gasteiger partial charge on any atom is -0.497 e. The van der Waals surface area contributed by atoms with E-state index in [2.05, 4.69) is 26.1 Å². The predicted molar refractivity (Wildman–Crippen MR) is 139 cm³/mol. The first-order valence-electron chi connectivity index (χ1n) is 12.8. The summed E-state index contributed by atoms with van der Waals surface area (Å²) in [6, 6.07) is 8.72. The Morgan fingerprint density at radius 1 is 1.11 bits per heavy atom. The molecule has 1 fully saturated rings. The molecule has 0 spiro atoms. The first-order valence-corrected chi connectivity index (χ1v) is 12.8. The van der Waals surface area contributed by atoms with Crippen LogP contribution in [0, 0.1) is 12.3 Å². The monoisotopic (exact) mass is 495 g/mol. The fourth-order valence-corrected chi connectivity index (χ4v) is 5.66. The third kappa shape index (κ3) is 5.67. The van der Waals surface area contributed by atoms with Crippen molar-refractivity contribution in [2.45, 2.75) is 71.8 Å². The second-order valence-corrected chi connectivity index (χ2v) is 10.6. The number of methoxy groups -OCH3 is 1. The molecule has 0 bridgehead atoms. The lowest BCUT2D eigenvalue weighted by molar-refractivity contribution is -0.121. The molecule has 3 heterocycles. The number of furan rings is 1. The van der Waals surface area contributed by atoms with Crippen LogP contribution < -0.4 is 15.5 Å². The van der Waals surface area contributed by atoms with Crippen molar-refractivity contribution in [1.29, 1.82) is 0 Å². The molecule has 0 aliphatic carbocycles. The summed E-state index contributed by atoms with van der Waals surface area (Å²) >= 11 is 0. The molecule has 1 atom stereocenters. The summed E-state index contributed by atoms with van der Waals surface area (Å²) in [6.07, 6.45) is 5.19. The van der Waals surface area contributed by atoms with E-state index in [4.69, 9.17) is 18.3 Å². The molecule has 2 aromatic heterocycles. The van der Waals surface area contributed by atoms with Gasteiger partial charge in [0.1, 0.15) is 17.3 Å². The zero-order chi connectivity index (χ0) is 25.9. The molecule has 0 saturated carbocycles. The molecular formula is C29H37NO6. The lowest BCUT2D eigenvalue weighted by atomic mass is 9.69. The second-order valence-electron chi connectivity index (χ2n) is 10.6. The Kier molecular flexibility index (Phi) is 7.59. The zero-order valence-electron chi connectivity index (χ0n) is 22.0. The van der Waals surface area contributed by atoms with Gasteiger partial charge in [-0.1, -0.05) is 13.3 Å². The molecular weight excluding hydrogens is 458 g/mol. The molecule has 1 unspecified atom stereocenters. The number of amides is 1. The van der Waals surface area contributed by atoms with E-state index in [-0.39, 0.29) is 34.4 Å². The summed E-state index contributed by atoms with van der Waals surface area (Å²) < 4.78 is 23.1. The van der Waals surface area contributed by atoms with Crippen LogP contribution in [-0.2, 0) is 16.0 Å². The predicted octanol–water partition coefficient (Wildman–Crippen LogP) is 5.79. The number of nitrogens with one attached hydrogen (secondary N) is 1. The number of carbonyl (C=O) groups is 1. The van der Waals surface area contributed by atoms with Gasteiger partial charge in [0.2, 0.25) is 16.9 Å². The van der Waals surface area contributed by atoms with Gasteiger partial charge in [-0.05, 0) is 76.1 Å². The highest BCUT2D eigenvalue weighted by molar-refractivity contribution is 5.90. The topological polar surface area (TPSA) is 90.9 Å². The highest BCUT2D eigenvalue weighted by Gasteiger charge is 2.39. The molecule has 7 heteroatoms. The van der Waals surface area contributed by atoms with E-state index in [9.17, 15) is 9.59 Å². The van der Waals surface area contributed by atoms with Gasteiger partial charge in [-0.2, -0.15) is 0 Å². The van der Waals surface area contributed by atoms with Crippen LogP contribution in [0.5, 0.6) is 5.75 Å². The van der Waals surface area contributed by atoms with Crippen LogP contribution in [-0.4, -0.2) is 31.8 Å². The molecule has 194 valence electrons. The third-order valence-corrected chi connectivity index (χ3v) is 7.15. The van der Waals surface area contributed by atoms with E-state index in [0.717, 1.165) is 44.3 Å². The Hall–Kier alpha value is -3.06. The summed E-state index contributed by atoms with van der Waals surface area (Å²) in [5.74, 6) is 1.51. The van der Waals surface area contributed by atoms with E-state index < -0.39 is 0 Å². The van der Waals surface area contributed by atoms with Crippen LogP contribution in [0.3, 0.4) is 0 Å². The van der Waals surface area contributed by atoms with E-state index in [1.807, 2.05) is 24.3 Å². The van der Waals surface area contributed by atoms with Gasteiger partial charge in [-0.15, -0.1) is 0 Å². The van der Waals surface area contributed by atoms with Crippen LogP contribution >= 0.6 is 0 Å². The summed E-state index contributed by atoms with van der Waals surface area (Å²) in [5, 5.41) is 3.11. The second kappa shape index (κ2) is 10.5. The van der Waals surface area contributed by atoms with Gasteiger partial charge in [0.05, 0.1) is 24.7 Å². The van der Waals surface area contributed by atoms with Crippen molar-refractivity contribution in [3.8, 4) is 17.1 Å². The van der Waals surface area contributed by atoms with E-state index in [1.165, 1.54) is 6.07 Å². The van der Waals surface area contributed by atoms with Crippen LogP contribution in [0.15, 0.2) is 44.0 Å². The largest absolute Gasteiger partial charge is 0.497 e. The smallest absolute Gasteiger partial charge is 0.228 e. The van der Waals surface area contributed by atoms with Gasteiger partial charge in [0.15, 0.2) is 5.58 Å². The zero-order valence-corrected chi connectivity index (χ0v) is 22.0.